The molecule has 3 heterocycles. The lowest BCUT2D eigenvalue weighted by atomic mass is 10.1. The second-order valence-electron chi connectivity index (χ2n) is 6.54. The fraction of sp³-hybridized carbons (Fsp3) is 0.316. The van der Waals surface area contributed by atoms with Crippen LogP contribution in [-0.2, 0) is 13.1 Å². The van der Waals surface area contributed by atoms with E-state index in [0.29, 0.717) is 40.6 Å². The number of thiazole rings is 1. The molecule has 0 aliphatic heterocycles. The molecule has 10 nitrogen and oxygen atoms in total. The van der Waals surface area contributed by atoms with E-state index in [2.05, 4.69) is 15.4 Å². The van der Waals surface area contributed by atoms with Gasteiger partial charge in [0.25, 0.3) is 5.91 Å². The van der Waals surface area contributed by atoms with E-state index in [9.17, 15) is 4.79 Å². The van der Waals surface area contributed by atoms with Crippen LogP contribution >= 0.6 is 11.3 Å². The fourth-order valence-corrected chi connectivity index (χ4v) is 4.07. The Balaban J connectivity index is 2.20. The minimum absolute atomic E-state index is 0.0643. The van der Waals surface area contributed by atoms with Crippen LogP contribution in [0.4, 0.5) is 5.69 Å². The molecule has 0 aliphatic carbocycles. The Hall–Kier alpha value is -3.15. The number of hydrogen-bond donors (Lipinski definition) is 5. The zero-order valence-electron chi connectivity index (χ0n) is 16.8. The molecule has 158 valence electrons. The van der Waals surface area contributed by atoms with E-state index in [-0.39, 0.29) is 18.8 Å². The number of amides is 1. The lowest BCUT2D eigenvalue weighted by molar-refractivity contribution is 0.0995. The molecule has 0 bridgehead atoms. The maximum absolute atomic E-state index is 11.8. The predicted molar refractivity (Wildman–Crippen MR) is 117 cm³/mol. The normalized spacial score (nSPS) is 10.9. The highest BCUT2D eigenvalue weighted by Crippen LogP contribution is 2.36. The van der Waals surface area contributed by atoms with Crippen molar-refractivity contribution < 1.29 is 9.90 Å². The molecule has 0 unspecified atom stereocenters. The summed E-state index contributed by atoms with van der Waals surface area (Å²) in [6.07, 6.45) is 1.73. The minimum Gasteiger partial charge on any atom is -0.396 e. The number of rotatable bonds is 9. The average Bonchev–Trinajstić information content (AvgIpc) is 3.33. The van der Waals surface area contributed by atoms with Gasteiger partial charge in [-0.2, -0.15) is 5.10 Å². The molecule has 1 amide bonds. The second kappa shape index (κ2) is 9.11. The molecule has 11 heteroatoms. The van der Waals surface area contributed by atoms with E-state index in [4.69, 9.17) is 27.0 Å². The Kier molecular flexibility index (Phi) is 6.55. The van der Waals surface area contributed by atoms with Crippen LogP contribution in [-0.4, -0.2) is 50.6 Å². The third kappa shape index (κ3) is 4.08. The lowest BCUT2D eigenvalue weighted by Gasteiger charge is -2.11. The summed E-state index contributed by atoms with van der Waals surface area (Å²) >= 11 is 1.40. The first kappa shape index (κ1) is 21.6. The van der Waals surface area contributed by atoms with Gasteiger partial charge >= 0.3 is 0 Å². The van der Waals surface area contributed by atoms with Crippen molar-refractivity contribution in [2.75, 3.05) is 19.0 Å². The van der Waals surface area contributed by atoms with E-state index >= 15 is 0 Å². The summed E-state index contributed by atoms with van der Waals surface area (Å²) < 4.78 is 1.80. The summed E-state index contributed by atoms with van der Waals surface area (Å²) in [4.78, 5) is 21.7. The van der Waals surface area contributed by atoms with Crippen molar-refractivity contribution in [3.8, 4) is 22.1 Å². The molecule has 0 fully saturated rings. The molecule has 0 saturated heterocycles. The number of nitrogens with two attached hydrogens (primary N) is 2. The van der Waals surface area contributed by atoms with Gasteiger partial charge in [0.1, 0.15) is 22.1 Å². The highest BCUT2D eigenvalue weighted by atomic mass is 32.1. The van der Waals surface area contributed by atoms with Crippen LogP contribution in [0.15, 0.2) is 12.1 Å². The maximum Gasteiger partial charge on any atom is 0.267 e. The minimum atomic E-state index is -0.674. The summed E-state index contributed by atoms with van der Waals surface area (Å²) in [6.45, 7) is 2.72. The number of nitrogens with one attached hydrogen (secondary N) is 2. The van der Waals surface area contributed by atoms with E-state index in [1.807, 2.05) is 13.0 Å². The van der Waals surface area contributed by atoms with Gasteiger partial charge < -0.3 is 27.3 Å². The third-order valence-electron chi connectivity index (χ3n) is 4.48. The van der Waals surface area contributed by atoms with E-state index in [1.165, 1.54) is 17.4 Å². The zero-order chi connectivity index (χ0) is 21.8. The number of aliphatic hydroxyl groups is 1. The molecule has 0 spiro atoms. The molecule has 0 aliphatic rings. The standard InChI is InChI=1S/C19H24N8O2S/c1-10-6-14(27(26-10)4-3-5-28)19-25-17(15(9-21)30-19)16-11(8-20)12(23-2)7-13(24-16)18(22)29/h6-8,20,28H,3-5,9,21H2,1-2H3,(H2,22,29)(H,23,24). The number of aryl methyl sites for hydroxylation is 2. The number of anilines is 1. The maximum atomic E-state index is 11.8. The third-order valence-corrected chi connectivity index (χ3v) is 5.58. The van der Waals surface area contributed by atoms with Gasteiger partial charge in [-0.25, -0.2) is 9.97 Å². The number of pyridine rings is 1. The molecule has 3 aromatic rings. The quantitative estimate of drug-likeness (QED) is 0.320. The number of aromatic nitrogens is 4. The van der Waals surface area contributed by atoms with Gasteiger partial charge in [-0.05, 0) is 25.5 Å². The van der Waals surface area contributed by atoms with Crippen molar-refractivity contribution in [2.45, 2.75) is 26.4 Å². The first-order valence-corrected chi connectivity index (χ1v) is 10.1. The summed E-state index contributed by atoms with van der Waals surface area (Å²) in [5.41, 5.74) is 15.1. The highest BCUT2D eigenvalue weighted by molar-refractivity contribution is 7.15. The molecule has 0 radical (unpaired) electrons. The van der Waals surface area contributed by atoms with Crippen LogP contribution in [0.3, 0.4) is 0 Å². The number of aliphatic hydroxyl groups excluding tert-OH is 1. The van der Waals surface area contributed by atoms with Gasteiger partial charge in [0.15, 0.2) is 0 Å². The topological polar surface area (TPSA) is 169 Å². The van der Waals surface area contributed by atoms with Crippen LogP contribution in [0.1, 0.15) is 33.0 Å². The first-order chi connectivity index (χ1) is 14.4. The van der Waals surface area contributed by atoms with Crippen LogP contribution in [0, 0.1) is 12.3 Å². The van der Waals surface area contributed by atoms with Crippen molar-refractivity contribution >= 4 is 29.1 Å². The largest absolute Gasteiger partial charge is 0.396 e. The number of carbonyl (C=O) groups excluding carboxylic acids is 1. The van der Waals surface area contributed by atoms with E-state index < -0.39 is 5.91 Å². The van der Waals surface area contributed by atoms with Crippen LogP contribution in [0.2, 0.25) is 0 Å². The predicted octanol–water partition coefficient (Wildman–Crippen LogP) is 1.36. The lowest BCUT2D eigenvalue weighted by Crippen LogP contribution is -2.15. The van der Waals surface area contributed by atoms with Gasteiger partial charge in [-0.3, -0.25) is 9.48 Å². The molecular weight excluding hydrogens is 404 g/mol. The Morgan fingerprint density at radius 1 is 1.37 bits per heavy atom. The van der Waals surface area contributed by atoms with Gasteiger partial charge in [0.05, 0.1) is 11.4 Å². The fourth-order valence-electron chi connectivity index (χ4n) is 3.11. The average molecular weight is 429 g/mol. The molecule has 30 heavy (non-hydrogen) atoms. The van der Waals surface area contributed by atoms with Gasteiger partial charge in [-0.15, -0.1) is 11.3 Å². The molecule has 0 saturated carbocycles. The highest BCUT2D eigenvalue weighted by Gasteiger charge is 2.22. The summed E-state index contributed by atoms with van der Waals surface area (Å²) in [7, 11) is 1.69. The zero-order valence-corrected chi connectivity index (χ0v) is 17.6. The number of carbonyl (C=O) groups is 1. The molecule has 3 aromatic heterocycles. The Morgan fingerprint density at radius 2 is 2.13 bits per heavy atom. The molecule has 7 N–H and O–H groups in total. The van der Waals surface area contributed by atoms with Crippen molar-refractivity contribution in [1.29, 1.82) is 5.41 Å². The van der Waals surface area contributed by atoms with Crippen LogP contribution in [0.5, 0.6) is 0 Å². The number of primary amides is 1. The summed E-state index contributed by atoms with van der Waals surface area (Å²) in [5.74, 6) is -0.674. The Labute approximate surface area is 177 Å². The van der Waals surface area contributed by atoms with E-state index in [0.717, 1.165) is 22.5 Å². The van der Waals surface area contributed by atoms with Gasteiger partial charge in [0.2, 0.25) is 0 Å². The summed E-state index contributed by atoms with van der Waals surface area (Å²) in [6, 6.07) is 3.43. The second-order valence-corrected chi connectivity index (χ2v) is 7.63. The Bertz CT molecular complexity index is 1090. The smallest absolute Gasteiger partial charge is 0.267 e. The summed E-state index contributed by atoms with van der Waals surface area (Å²) in [5, 5.41) is 25.2. The SMILES string of the molecule is CNc1cc(C(N)=O)nc(-c2nc(-c3cc(C)nn3CCCO)sc2CN)c1C=N. The van der Waals surface area contributed by atoms with Crippen molar-refractivity contribution in [2.24, 2.45) is 11.5 Å². The molecule has 0 atom stereocenters. The molecule has 3 rings (SSSR count). The van der Waals surface area contributed by atoms with Crippen LogP contribution in [0.25, 0.3) is 22.1 Å². The first-order valence-electron chi connectivity index (χ1n) is 9.32. The monoisotopic (exact) mass is 428 g/mol. The van der Waals surface area contributed by atoms with Gasteiger partial charge in [0, 0.05) is 49.1 Å². The number of hydrogen-bond acceptors (Lipinski definition) is 9. The number of nitrogens with zero attached hydrogens (tertiary/aromatic N) is 4. The van der Waals surface area contributed by atoms with Crippen LogP contribution < -0.4 is 16.8 Å². The Morgan fingerprint density at radius 3 is 2.73 bits per heavy atom. The van der Waals surface area contributed by atoms with Crippen molar-refractivity contribution in [1.82, 2.24) is 19.7 Å². The molecular formula is C19H24N8O2S. The van der Waals surface area contributed by atoms with Crippen molar-refractivity contribution in [3.05, 3.63) is 34.0 Å². The van der Waals surface area contributed by atoms with Crippen molar-refractivity contribution in [3.63, 3.8) is 0 Å². The van der Waals surface area contributed by atoms with Gasteiger partial charge in [-0.1, -0.05) is 0 Å². The van der Waals surface area contributed by atoms with E-state index in [1.54, 1.807) is 11.7 Å². The molecule has 0 aromatic carbocycles.